The lowest BCUT2D eigenvalue weighted by Gasteiger charge is -2.24. The number of imidazole rings is 1. The fourth-order valence-electron chi connectivity index (χ4n) is 1.56. The van der Waals surface area contributed by atoms with E-state index in [-0.39, 0.29) is 0 Å². The van der Waals surface area contributed by atoms with Crippen LogP contribution in [0, 0.1) is 0 Å². The maximum atomic E-state index is 11.6. The molecule has 0 aliphatic heterocycles. The minimum atomic E-state index is -0.740. The number of fused-ring (bicyclic) bond motifs is 1. The normalized spacial score (nSPS) is 12.3. The summed E-state index contributed by atoms with van der Waals surface area (Å²) in [4.78, 5) is 20.8. The third-order valence-electron chi connectivity index (χ3n) is 2.63. The highest BCUT2D eigenvalue weighted by atomic mass is 32.3. The molecule has 110 valence electrons. The number of nitrogen functional groups attached to an aromatic ring is 1. The fourth-order valence-corrected chi connectivity index (χ4v) is 2.14. The van der Waals surface area contributed by atoms with Crippen molar-refractivity contribution in [3.8, 4) is 0 Å². The second-order valence-corrected chi connectivity index (χ2v) is 9.89. The molecule has 0 amide bonds. The van der Waals surface area contributed by atoms with Crippen molar-refractivity contribution in [1.29, 1.82) is 0 Å². The summed E-state index contributed by atoms with van der Waals surface area (Å²) in [7, 11) is -0.691. The Hall–Kier alpha value is -1.89. The average Bonchev–Trinajstić information content (AvgIpc) is 2.70. The van der Waals surface area contributed by atoms with Crippen molar-refractivity contribution in [2.45, 2.75) is 0 Å². The molecule has 0 aliphatic rings. The Morgan fingerprint density at radius 3 is 2.85 bits per heavy atom. The predicted molar refractivity (Wildman–Crippen MR) is 82.3 cm³/mol. The minimum absolute atomic E-state index is 0.354. The Balaban J connectivity index is 1.98. The van der Waals surface area contributed by atoms with Gasteiger partial charge in [0.05, 0.1) is 5.52 Å². The van der Waals surface area contributed by atoms with Crippen molar-refractivity contribution < 1.29 is 14.4 Å². The van der Waals surface area contributed by atoms with E-state index >= 15 is 0 Å². The molecule has 0 fully saturated rings. The summed E-state index contributed by atoms with van der Waals surface area (Å²) in [5.41, 5.74) is 7.61. The van der Waals surface area contributed by atoms with Crippen LogP contribution < -0.4 is 10.6 Å². The van der Waals surface area contributed by atoms with Gasteiger partial charge in [-0.2, -0.15) is 4.73 Å². The molecule has 2 N–H and O–H groups in total. The molecule has 0 saturated heterocycles. The topological polar surface area (TPSA) is 79.4 Å². The van der Waals surface area contributed by atoms with Gasteiger partial charge in [-0.05, 0) is 37.0 Å². The Kier molecular flexibility index (Phi) is 4.08. The van der Waals surface area contributed by atoms with Crippen molar-refractivity contribution in [1.82, 2.24) is 9.71 Å². The molecular formula is C13H19N3O3S. The van der Waals surface area contributed by atoms with E-state index in [1.807, 2.05) is 0 Å². The van der Waals surface area contributed by atoms with E-state index in [1.54, 1.807) is 18.2 Å². The summed E-state index contributed by atoms with van der Waals surface area (Å²) >= 11 is 0. The molecule has 2 rings (SSSR count). The van der Waals surface area contributed by atoms with Crippen LogP contribution in [0.4, 0.5) is 10.5 Å². The SMILES string of the molecule is CS(C)(C)CCOC(=O)On1cnc2ccc(N)cc21. The zero-order chi connectivity index (χ0) is 14.8. The molecule has 1 heterocycles. The smallest absolute Gasteiger partial charge is 0.432 e. The van der Waals surface area contributed by atoms with Gasteiger partial charge in [0.25, 0.3) is 0 Å². The molecule has 0 atom stereocenters. The minimum Gasteiger partial charge on any atom is -0.432 e. The Bertz CT molecular complexity index is 619. The van der Waals surface area contributed by atoms with Gasteiger partial charge in [0.1, 0.15) is 18.5 Å². The van der Waals surface area contributed by atoms with Crippen LogP contribution in [0.3, 0.4) is 0 Å². The number of hydrogen-bond donors (Lipinski definition) is 1. The molecule has 1 aromatic carbocycles. The molecule has 1 aromatic heterocycles. The first-order chi connectivity index (χ1) is 9.35. The number of benzene rings is 1. The van der Waals surface area contributed by atoms with E-state index in [9.17, 15) is 4.79 Å². The summed E-state index contributed by atoms with van der Waals surface area (Å²) in [6, 6.07) is 5.19. The maximum Gasteiger partial charge on any atom is 0.533 e. The van der Waals surface area contributed by atoms with Gasteiger partial charge >= 0.3 is 6.16 Å². The Morgan fingerprint density at radius 2 is 2.15 bits per heavy atom. The molecule has 0 unspecified atom stereocenters. The summed E-state index contributed by atoms with van der Waals surface area (Å²) in [6.07, 6.45) is 7.16. The number of nitrogens with two attached hydrogens (primary N) is 1. The van der Waals surface area contributed by atoms with Crippen LogP contribution >= 0.6 is 10.0 Å². The van der Waals surface area contributed by atoms with E-state index in [2.05, 4.69) is 23.8 Å². The van der Waals surface area contributed by atoms with Crippen molar-refractivity contribution >= 4 is 32.9 Å². The van der Waals surface area contributed by atoms with Gasteiger partial charge in [0.15, 0.2) is 0 Å². The first-order valence-electron chi connectivity index (χ1n) is 6.09. The largest absolute Gasteiger partial charge is 0.533 e. The molecule has 0 spiro atoms. The first-order valence-corrected chi connectivity index (χ1v) is 9.11. The molecule has 0 bridgehead atoms. The van der Waals surface area contributed by atoms with E-state index < -0.39 is 16.2 Å². The second-order valence-electron chi connectivity index (χ2n) is 5.30. The highest BCUT2D eigenvalue weighted by Crippen LogP contribution is 2.33. The van der Waals surface area contributed by atoms with E-state index in [0.29, 0.717) is 23.3 Å². The highest BCUT2D eigenvalue weighted by molar-refractivity contribution is 8.32. The maximum absolute atomic E-state index is 11.6. The molecular weight excluding hydrogens is 278 g/mol. The number of hydrogen-bond acceptors (Lipinski definition) is 5. The summed E-state index contributed by atoms with van der Waals surface area (Å²) in [5, 5.41) is 0. The van der Waals surface area contributed by atoms with Crippen LogP contribution in [-0.4, -0.2) is 47.0 Å². The van der Waals surface area contributed by atoms with Gasteiger partial charge in [-0.3, -0.25) is 4.84 Å². The van der Waals surface area contributed by atoms with Crippen LogP contribution in [0.5, 0.6) is 0 Å². The van der Waals surface area contributed by atoms with Crippen molar-refractivity contribution in [3.63, 3.8) is 0 Å². The fraction of sp³-hybridized carbons (Fsp3) is 0.385. The molecule has 0 saturated carbocycles. The number of rotatable bonds is 4. The number of anilines is 1. The van der Waals surface area contributed by atoms with Gasteiger partial charge in [0.2, 0.25) is 0 Å². The molecule has 0 aliphatic carbocycles. The van der Waals surface area contributed by atoms with Crippen LogP contribution in [0.1, 0.15) is 0 Å². The summed E-state index contributed by atoms with van der Waals surface area (Å²) in [6.45, 7) is 0.354. The van der Waals surface area contributed by atoms with E-state index in [1.165, 1.54) is 11.1 Å². The first kappa shape index (κ1) is 14.5. The zero-order valence-corrected chi connectivity index (χ0v) is 12.6. The number of aromatic nitrogens is 2. The Morgan fingerprint density at radius 1 is 1.40 bits per heavy atom. The molecule has 7 heteroatoms. The summed E-state index contributed by atoms with van der Waals surface area (Å²) < 4.78 is 6.31. The van der Waals surface area contributed by atoms with Crippen LogP contribution in [-0.2, 0) is 4.74 Å². The molecule has 2 aromatic rings. The van der Waals surface area contributed by atoms with Gasteiger partial charge < -0.3 is 10.5 Å². The zero-order valence-electron chi connectivity index (χ0n) is 11.8. The lowest BCUT2D eigenvalue weighted by molar-refractivity contribution is 0.0553. The molecule has 0 radical (unpaired) electrons. The number of nitrogens with zero attached hydrogens (tertiary/aromatic N) is 2. The summed E-state index contributed by atoms with van der Waals surface area (Å²) in [5.74, 6) is 0.847. The third-order valence-corrected chi connectivity index (χ3v) is 4.02. The van der Waals surface area contributed by atoms with Crippen LogP contribution in [0.2, 0.25) is 0 Å². The highest BCUT2D eigenvalue weighted by Gasteiger charge is 2.11. The lowest BCUT2D eigenvalue weighted by atomic mass is 10.3. The quantitative estimate of drug-likeness (QED) is 0.688. The predicted octanol–water partition coefficient (Wildman–Crippen LogP) is 1.88. The average molecular weight is 297 g/mol. The van der Waals surface area contributed by atoms with Crippen molar-refractivity contribution in [2.75, 3.05) is 36.9 Å². The van der Waals surface area contributed by atoms with Gasteiger partial charge in [-0.15, -0.1) is 0 Å². The van der Waals surface area contributed by atoms with Crippen LogP contribution in [0.25, 0.3) is 11.0 Å². The Labute approximate surface area is 119 Å². The van der Waals surface area contributed by atoms with Crippen molar-refractivity contribution in [2.24, 2.45) is 0 Å². The van der Waals surface area contributed by atoms with E-state index in [0.717, 1.165) is 5.75 Å². The molecule has 6 nitrogen and oxygen atoms in total. The van der Waals surface area contributed by atoms with Crippen LogP contribution in [0.15, 0.2) is 24.5 Å². The number of carbonyl (C=O) groups excluding carboxylic acids is 1. The van der Waals surface area contributed by atoms with Gasteiger partial charge in [-0.25, -0.2) is 19.8 Å². The van der Waals surface area contributed by atoms with E-state index in [4.69, 9.17) is 15.3 Å². The second kappa shape index (κ2) is 5.62. The van der Waals surface area contributed by atoms with Crippen molar-refractivity contribution in [3.05, 3.63) is 24.5 Å². The standard InChI is InChI=1S/C13H19N3O3S/c1-20(2,3)7-6-18-13(17)19-16-9-15-11-5-4-10(14)8-12(11)16/h4-5,8-9H,6-7,14H2,1-3H3. The number of ether oxygens (including phenoxy) is 1. The van der Waals surface area contributed by atoms with Gasteiger partial charge in [0, 0.05) is 11.4 Å². The number of carbonyl (C=O) groups is 1. The third kappa shape index (κ3) is 3.80. The lowest BCUT2D eigenvalue weighted by Crippen LogP contribution is -2.22. The molecule has 20 heavy (non-hydrogen) atoms. The van der Waals surface area contributed by atoms with Gasteiger partial charge in [-0.1, -0.05) is 0 Å². The monoisotopic (exact) mass is 297 g/mol.